The van der Waals surface area contributed by atoms with Gasteiger partial charge in [0, 0.05) is 43.7 Å². The topological polar surface area (TPSA) is 106 Å². The Kier molecular flexibility index (Phi) is 6.74. The third-order valence-electron chi connectivity index (χ3n) is 7.46. The number of fused-ring (bicyclic) bond motifs is 2. The summed E-state index contributed by atoms with van der Waals surface area (Å²) in [5.41, 5.74) is 8.58. The molecule has 0 spiro atoms. The second-order valence-electron chi connectivity index (χ2n) is 10.5. The number of pyridine rings is 1. The van der Waals surface area contributed by atoms with Crippen LogP contribution in [0.5, 0.6) is 0 Å². The number of H-pyrrole nitrogens is 2. The summed E-state index contributed by atoms with van der Waals surface area (Å²) < 4.78 is 0. The van der Waals surface area contributed by atoms with Crippen LogP contribution in [0.25, 0.3) is 44.6 Å². The van der Waals surface area contributed by atoms with E-state index in [1.54, 1.807) is 0 Å². The van der Waals surface area contributed by atoms with Gasteiger partial charge in [-0.25, -0.2) is 4.98 Å². The molecule has 5 aromatic rings. The number of benzene rings is 2. The number of anilines is 2. The summed E-state index contributed by atoms with van der Waals surface area (Å²) in [4.78, 5) is 30.0. The van der Waals surface area contributed by atoms with E-state index in [9.17, 15) is 4.79 Å². The second kappa shape index (κ2) is 10.5. The number of carbonyl (C=O) groups excluding carboxylic acids is 1. The normalized spacial score (nSPS) is 14.4. The van der Waals surface area contributed by atoms with Crippen LogP contribution in [0.2, 0.25) is 0 Å². The number of carbonyl (C=O) groups is 1. The Bertz CT molecular complexity index is 1640. The van der Waals surface area contributed by atoms with E-state index in [-0.39, 0.29) is 5.91 Å². The molecule has 39 heavy (non-hydrogen) atoms. The summed E-state index contributed by atoms with van der Waals surface area (Å²) in [5, 5.41) is 11.8. The van der Waals surface area contributed by atoms with Gasteiger partial charge in [-0.2, -0.15) is 5.10 Å². The fraction of sp³-hybridized carbons (Fsp3) is 0.333. The zero-order valence-electron chi connectivity index (χ0n) is 22.7. The third-order valence-corrected chi connectivity index (χ3v) is 7.46. The molecule has 9 nitrogen and oxygen atoms in total. The standard InChI is InChI=1S/C30H34N8O/c1-4-5-6-27(39)32-22-14-19(2)13-21(15-22)20-7-8-24-23(16-20)28(36-35-24)30-33-25-17-31-18-26(29(25)34-30)38-11-9-37(3)10-12-38/h7-8,13-18H,4-6,9-12H2,1-3H3,(H,32,39)(H,33,34)(H,35,36). The van der Waals surface area contributed by atoms with Crippen molar-refractivity contribution in [3.8, 4) is 22.6 Å². The van der Waals surface area contributed by atoms with Crippen molar-refractivity contribution in [2.45, 2.75) is 33.1 Å². The molecule has 3 N–H and O–H groups in total. The number of piperazine rings is 1. The van der Waals surface area contributed by atoms with Gasteiger partial charge in [0.15, 0.2) is 5.82 Å². The Balaban J connectivity index is 1.35. The number of nitrogens with zero attached hydrogens (tertiary/aromatic N) is 5. The number of nitrogens with one attached hydrogen (secondary N) is 3. The van der Waals surface area contributed by atoms with Gasteiger partial charge in [-0.3, -0.25) is 14.9 Å². The Hall–Kier alpha value is -4.24. The Labute approximate surface area is 227 Å². The molecule has 1 saturated heterocycles. The first kappa shape index (κ1) is 25.1. The van der Waals surface area contributed by atoms with E-state index >= 15 is 0 Å². The van der Waals surface area contributed by atoms with Crippen LogP contribution < -0.4 is 10.2 Å². The number of aryl methyl sites for hydroxylation is 1. The molecule has 200 valence electrons. The molecule has 6 rings (SSSR count). The molecule has 0 bridgehead atoms. The van der Waals surface area contributed by atoms with Crippen LogP contribution in [-0.2, 0) is 4.79 Å². The van der Waals surface area contributed by atoms with Crippen molar-refractivity contribution in [2.75, 3.05) is 43.4 Å². The van der Waals surface area contributed by atoms with Crippen molar-refractivity contribution < 1.29 is 4.79 Å². The van der Waals surface area contributed by atoms with Crippen LogP contribution in [-0.4, -0.2) is 69.2 Å². The molecule has 1 aliphatic heterocycles. The van der Waals surface area contributed by atoms with Gasteiger partial charge in [-0.05, 0) is 61.3 Å². The molecule has 0 unspecified atom stereocenters. The zero-order valence-corrected chi connectivity index (χ0v) is 22.7. The minimum absolute atomic E-state index is 0.0521. The molecule has 3 aromatic heterocycles. The largest absolute Gasteiger partial charge is 0.366 e. The van der Waals surface area contributed by atoms with Crippen LogP contribution in [0.1, 0.15) is 31.7 Å². The quantitative estimate of drug-likeness (QED) is 0.266. The summed E-state index contributed by atoms with van der Waals surface area (Å²) in [6.45, 7) is 8.07. The second-order valence-corrected chi connectivity index (χ2v) is 10.5. The van der Waals surface area contributed by atoms with Crippen LogP contribution >= 0.6 is 0 Å². The van der Waals surface area contributed by atoms with Crippen molar-refractivity contribution in [2.24, 2.45) is 0 Å². The highest BCUT2D eigenvalue weighted by Crippen LogP contribution is 2.33. The van der Waals surface area contributed by atoms with E-state index in [0.29, 0.717) is 12.2 Å². The fourth-order valence-electron chi connectivity index (χ4n) is 5.27. The molecule has 1 amide bonds. The predicted molar refractivity (Wildman–Crippen MR) is 157 cm³/mol. The minimum Gasteiger partial charge on any atom is -0.366 e. The van der Waals surface area contributed by atoms with Crippen molar-refractivity contribution in [1.29, 1.82) is 0 Å². The van der Waals surface area contributed by atoms with Crippen LogP contribution in [0.3, 0.4) is 0 Å². The number of aromatic nitrogens is 5. The summed E-state index contributed by atoms with van der Waals surface area (Å²) in [5.74, 6) is 0.765. The number of likely N-dealkylation sites (N-methyl/N-ethyl adjacent to an activating group) is 1. The Morgan fingerprint density at radius 1 is 1.03 bits per heavy atom. The smallest absolute Gasteiger partial charge is 0.224 e. The maximum Gasteiger partial charge on any atom is 0.224 e. The van der Waals surface area contributed by atoms with Crippen LogP contribution in [0, 0.1) is 6.92 Å². The molecule has 1 fully saturated rings. The first-order valence-corrected chi connectivity index (χ1v) is 13.7. The predicted octanol–water partition coefficient (Wildman–Crippen LogP) is 5.36. The minimum atomic E-state index is 0.0521. The van der Waals surface area contributed by atoms with Gasteiger partial charge in [0.2, 0.25) is 5.91 Å². The number of rotatable bonds is 7. The van der Waals surface area contributed by atoms with Gasteiger partial charge in [0.1, 0.15) is 11.2 Å². The van der Waals surface area contributed by atoms with Crippen molar-refractivity contribution in [3.05, 3.63) is 54.4 Å². The molecule has 9 heteroatoms. The van der Waals surface area contributed by atoms with Gasteiger partial charge in [0.05, 0.1) is 29.1 Å². The van der Waals surface area contributed by atoms with E-state index < -0.39 is 0 Å². The number of unbranched alkanes of at least 4 members (excludes halogenated alkanes) is 1. The molecular formula is C30H34N8O. The number of imidazole rings is 1. The van der Waals surface area contributed by atoms with Crippen molar-refractivity contribution in [1.82, 2.24) is 30.0 Å². The molecule has 0 atom stereocenters. The molecule has 4 heterocycles. The molecular weight excluding hydrogens is 488 g/mol. The lowest BCUT2D eigenvalue weighted by Crippen LogP contribution is -2.44. The van der Waals surface area contributed by atoms with Crippen molar-refractivity contribution >= 4 is 39.2 Å². The number of hydrogen-bond acceptors (Lipinski definition) is 6. The highest BCUT2D eigenvalue weighted by molar-refractivity contribution is 5.98. The van der Waals surface area contributed by atoms with E-state index in [2.05, 4.69) is 67.5 Å². The highest BCUT2D eigenvalue weighted by atomic mass is 16.1. The van der Waals surface area contributed by atoms with Crippen LogP contribution in [0.15, 0.2) is 48.8 Å². The SMILES string of the molecule is CCCCC(=O)Nc1cc(C)cc(-c2ccc3[nH]nc(-c4nc5c(N6CCN(C)CC6)cncc5[nH]4)c3c2)c1. The first-order chi connectivity index (χ1) is 19.0. The maximum atomic E-state index is 12.3. The van der Waals surface area contributed by atoms with E-state index in [1.807, 2.05) is 37.5 Å². The number of hydrogen-bond donors (Lipinski definition) is 3. The number of aromatic amines is 2. The van der Waals surface area contributed by atoms with Gasteiger partial charge in [0.25, 0.3) is 0 Å². The number of amides is 1. The van der Waals surface area contributed by atoms with E-state index in [4.69, 9.17) is 4.98 Å². The van der Waals surface area contributed by atoms with Crippen LogP contribution in [0.4, 0.5) is 11.4 Å². The summed E-state index contributed by atoms with van der Waals surface area (Å²) in [6.07, 6.45) is 6.16. The van der Waals surface area contributed by atoms with E-state index in [1.165, 1.54) is 0 Å². The Morgan fingerprint density at radius 3 is 2.69 bits per heavy atom. The summed E-state index contributed by atoms with van der Waals surface area (Å²) >= 11 is 0. The molecule has 0 aliphatic carbocycles. The molecule has 0 saturated carbocycles. The average molecular weight is 523 g/mol. The summed E-state index contributed by atoms with van der Waals surface area (Å²) in [7, 11) is 2.15. The van der Waals surface area contributed by atoms with Gasteiger partial charge in [-0.15, -0.1) is 0 Å². The average Bonchev–Trinajstić information content (AvgIpc) is 3.55. The van der Waals surface area contributed by atoms with E-state index in [0.717, 1.165) is 94.7 Å². The monoisotopic (exact) mass is 522 g/mol. The lowest BCUT2D eigenvalue weighted by atomic mass is 10.0. The highest BCUT2D eigenvalue weighted by Gasteiger charge is 2.20. The van der Waals surface area contributed by atoms with Gasteiger partial charge >= 0.3 is 0 Å². The van der Waals surface area contributed by atoms with Gasteiger partial charge < -0.3 is 20.1 Å². The molecule has 2 aromatic carbocycles. The Morgan fingerprint density at radius 2 is 1.87 bits per heavy atom. The molecule has 0 radical (unpaired) electrons. The fourth-order valence-corrected chi connectivity index (χ4v) is 5.27. The molecule has 1 aliphatic rings. The summed E-state index contributed by atoms with van der Waals surface area (Å²) in [6, 6.07) is 12.4. The third kappa shape index (κ3) is 5.09. The maximum absolute atomic E-state index is 12.3. The first-order valence-electron chi connectivity index (χ1n) is 13.7. The lowest BCUT2D eigenvalue weighted by molar-refractivity contribution is -0.116. The lowest BCUT2D eigenvalue weighted by Gasteiger charge is -2.33. The van der Waals surface area contributed by atoms with Gasteiger partial charge in [-0.1, -0.05) is 25.5 Å². The van der Waals surface area contributed by atoms with Crippen molar-refractivity contribution in [3.63, 3.8) is 0 Å². The zero-order chi connectivity index (χ0) is 26.9.